The van der Waals surface area contributed by atoms with Gasteiger partial charge in [-0.05, 0) is 32.6 Å². The first-order chi connectivity index (χ1) is 9.25. The van der Waals surface area contributed by atoms with Crippen molar-refractivity contribution in [1.29, 1.82) is 0 Å². The lowest BCUT2D eigenvalue weighted by atomic mass is 9.99. The molecule has 1 N–H and O–H groups in total. The van der Waals surface area contributed by atoms with Gasteiger partial charge in [0.1, 0.15) is 0 Å². The molecule has 3 nitrogen and oxygen atoms in total. The summed E-state index contributed by atoms with van der Waals surface area (Å²) in [6.07, 6.45) is 5.42. The SMILES string of the molecule is Cc1nnc(NC(C)C2CCCC2)c2ccccc12. The summed E-state index contributed by atoms with van der Waals surface area (Å²) < 4.78 is 0. The fourth-order valence-corrected chi connectivity index (χ4v) is 3.14. The first kappa shape index (κ1) is 12.4. The Kier molecular flexibility index (Phi) is 3.36. The second-order valence-electron chi connectivity index (χ2n) is 5.66. The highest BCUT2D eigenvalue weighted by molar-refractivity contribution is 5.92. The monoisotopic (exact) mass is 255 g/mol. The molecular formula is C16H21N3. The molecule has 1 aromatic carbocycles. The number of aryl methyl sites for hydroxylation is 1. The first-order valence-electron chi connectivity index (χ1n) is 7.24. The van der Waals surface area contributed by atoms with Crippen molar-refractivity contribution in [3.8, 4) is 0 Å². The number of benzene rings is 1. The second kappa shape index (κ2) is 5.16. The molecule has 0 radical (unpaired) electrons. The van der Waals surface area contributed by atoms with E-state index in [2.05, 4.69) is 46.7 Å². The van der Waals surface area contributed by atoms with Crippen LogP contribution in [-0.2, 0) is 0 Å². The van der Waals surface area contributed by atoms with E-state index in [9.17, 15) is 0 Å². The molecular weight excluding hydrogens is 234 g/mol. The van der Waals surface area contributed by atoms with Crippen molar-refractivity contribution in [3.05, 3.63) is 30.0 Å². The molecule has 0 aliphatic heterocycles. The summed E-state index contributed by atoms with van der Waals surface area (Å²) in [5, 5.41) is 14.6. The minimum absolute atomic E-state index is 0.475. The van der Waals surface area contributed by atoms with Crippen molar-refractivity contribution < 1.29 is 0 Å². The molecule has 1 atom stereocenters. The number of hydrogen-bond acceptors (Lipinski definition) is 3. The van der Waals surface area contributed by atoms with Gasteiger partial charge in [0.25, 0.3) is 0 Å². The fraction of sp³-hybridized carbons (Fsp3) is 0.500. The molecule has 1 aliphatic carbocycles. The maximum atomic E-state index is 4.36. The number of hydrogen-bond donors (Lipinski definition) is 1. The van der Waals surface area contributed by atoms with Gasteiger partial charge in [-0.2, -0.15) is 5.10 Å². The molecule has 0 amide bonds. The Hall–Kier alpha value is -1.64. The van der Waals surface area contributed by atoms with Gasteiger partial charge in [-0.15, -0.1) is 5.10 Å². The molecule has 1 aliphatic rings. The lowest BCUT2D eigenvalue weighted by molar-refractivity contribution is 0.481. The number of fused-ring (bicyclic) bond motifs is 1. The fourth-order valence-electron chi connectivity index (χ4n) is 3.14. The van der Waals surface area contributed by atoms with Gasteiger partial charge in [-0.25, -0.2) is 0 Å². The van der Waals surface area contributed by atoms with Crippen molar-refractivity contribution >= 4 is 16.6 Å². The lowest BCUT2D eigenvalue weighted by Crippen LogP contribution is -2.24. The molecule has 2 aromatic rings. The molecule has 1 aromatic heterocycles. The largest absolute Gasteiger partial charge is 0.365 e. The van der Waals surface area contributed by atoms with Gasteiger partial charge in [0.15, 0.2) is 5.82 Å². The third kappa shape index (κ3) is 2.42. The predicted octanol–water partition coefficient (Wildman–Crippen LogP) is 3.93. The number of nitrogens with one attached hydrogen (secondary N) is 1. The molecule has 0 saturated heterocycles. The highest BCUT2D eigenvalue weighted by atomic mass is 15.2. The topological polar surface area (TPSA) is 37.8 Å². The summed E-state index contributed by atoms with van der Waals surface area (Å²) in [5.41, 5.74) is 0.995. The summed E-state index contributed by atoms with van der Waals surface area (Å²) in [4.78, 5) is 0. The molecule has 1 fully saturated rings. The molecule has 3 heteroatoms. The van der Waals surface area contributed by atoms with E-state index in [-0.39, 0.29) is 0 Å². The molecule has 3 rings (SSSR count). The van der Waals surface area contributed by atoms with Crippen molar-refractivity contribution in [3.63, 3.8) is 0 Å². The molecule has 100 valence electrons. The standard InChI is InChI=1S/C16H21N3/c1-11(13-7-3-4-8-13)17-16-15-10-6-5-9-14(15)12(2)18-19-16/h5-6,9-11,13H,3-4,7-8H2,1-2H3,(H,17,19). The maximum Gasteiger partial charge on any atom is 0.156 e. The van der Waals surface area contributed by atoms with Crippen LogP contribution in [0.1, 0.15) is 38.3 Å². The van der Waals surface area contributed by atoms with Crippen molar-refractivity contribution in [2.75, 3.05) is 5.32 Å². The third-order valence-electron chi connectivity index (χ3n) is 4.34. The molecule has 1 saturated carbocycles. The minimum atomic E-state index is 0.475. The average Bonchev–Trinajstić information content (AvgIpc) is 2.96. The molecule has 19 heavy (non-hydrogen) atoms. The number of rotatable bonds is 3. The van der Waals surface area contributed by atoms with E-state index < -0.39 is 0 Å². The van der Waals surface area contributed by atoms with Crippen molar-refractivity contribution in [2.24, 2.45) is 5.92 Å². The normalized spacial score (nSPS) is 17.8. The highest BCUT2D eigenvalue weighted by Gasteiger charge is 2.22. The Bertz CT molecular complexity index is 573. The van der Waals surface area contributed by atoms with Gasteiger partial charge in [0, 0.05) is 16.8 Å². The van der Waals surface area contributed by atoms with Gasteiger partial charge in [-0.1, -0.05) is 37.1 Å². The van der Waals surface area contributed by atoms with E-state index in [1.54, 1.807) is 0 Å². The van der Waals surface area contributed by atoms with E-state index in [4.69, 9.17) is 0 Å². The highest BCUT2D eigenvalue weighted by Crippen LogP contribution is 2.30. The Morgan fingerprint density at radius 2 is 1.79 bits per heavy atom. The van der Waals surface area contributed by atoms with Crippen LogP contribution in [0.5, 0.6) is 0 Å². The van der Waals surface area contributed by atoms with Gasteiger partial charge in [0.2, 0.25) is 0 Å². The van der Waals surface area contributed by atoms with Crippen LogP contribution in [0.2, 0.25) is 0 Å². The Balaban J connectivity index is 1.90. The quantitative estimate of drug-likeness (QED) is 0.903. The van der Waals surface area contributed by atoms with Gasteiger partial charge in [0.05, 0.1) is 5.69 Å². The van der Waals surface area contributed by atoms with E-state index in [0.717, 1.165) is 17.4 Å². The molecule has 1 heterocycles. The maximum absolute atomic E-state index is 4.36. The Morgan fingerprint density at radius 3 is 2.53 bits per heavy atom. The summed E-state index contributed by atoms with van der Waals surface area (Å²) >= 11 is 0. The third-order valence-corrected chi connectivity index (χ3v) is 4.34. The van der Waals surface area contributed by atoms with Crippen LogP contribution in [0.25, 0.3) is 10.8 Å². The summed E-state index contributed by atoms with van der Waals surface area (Å²) in [6.45, 7) is 4.28. The van der Waals surface area contributed by atoms with Crippen LogP contribution in [0.3, 0.4) is 0 Å². The molecule has 0 spiro atoms. The smallest absolute Gasteiger partial charge is 0.156 e. The zero-order valence-electron chi connectivity index (χ0n) is 11.7. The zero-order valence-corrected chi connectivity index (χ0v) is 11.7. The lowest BCUT2D eigenvalue weighted by Gasteiger charge is -2.21. The molecule has 0 bridgehead atoms. The van der Waals surface area contributed by atoms with Crippen LogP contribution in [0, 0.1) is 12.8 Å². The van der Waals surface area contributed by atoms with Crippen LogP contribution in [0.15, 0.2) is 24.3 Å². The van der Waals surface area contributed by atoms with E-state index >= 15 is 0 Å². The van der Waals surface area contributed by atoms with E-state index in [0.29, 0.717) is 6.04 Å². The van der Waals surface area contributed by atoms with Gasteiger partial charge >= 0.3 is 0 Å². The van der Waals surface area contributed by atoms with Gasteiger partial charge < -0.3 is 5.32 Å². The minimum Gasteiger partial charge on any atom is -0.365 e. The number of aromatic nitrogens is 2. The average molecular weight is 255 g/mol. The molecule has 1 unspecified atom stereocenters. The van der Waals surface area contributed by atoms with E-state index in [1.165, 1.54) is 36.5 Å². The van der Waals surface area contributed by atoms with Crippen molar-refractivity contribution in [2.45, 2.75) is 45.6 Å². The number of nitrogens with zero attached hydrogens (tertiary/aromatic N) is 2. The Morgan fingerprint density at radius 1 is 1.11 bits per heavy atom. The predicted molar refractivity (Wildman–Crippen MR) is 79.3 cm³/mol. The van der Waals surface area contributed by atoms with Crippen LogP contribution in [0.4, 0.5) is 5.82 Å². The zero-order chi connectivity index (χ0) is 13.2. The Labute approximate surface area is 114 Å². The van der Waals surface area contributed by atoms with Gasteiger partial charge in [-0.3, -0.25) is 0 Å². The first-order valence-corrected chi connectivity index (χ1v) is 7.24. The summed E-state index contributed by atoms with van der Waals surface area (Å²) in [5.74, 6) is 1.71. The second-order valence-corrected chi connectivity index (χ2v) is 5.66. The van der Waals surface area contributed by atoms with Crippen LogP contribution >= 0.6 is 0 Å². The summed E-state index contributed by atoms with van der Waals surface area (Å²) in [7, 11) is 0. The van der Waals surface area contributed by atoms with Crippen LogP contribution in [-0.4, -0.2) is 16.2 Å². The van der Waals surface area contributed by atoms with E-state index in [1.807, 2.05) is 6.92 Å². The van der Waals surface area contributed by atoms with Crippen LogP contribution < -0.4 is 5.32 Å². The summed E-state index contributed by atoms with van der Waals surface area (Å²) in [6, 6.07) is 8.84. The van der Waals surface area contributed by atoms with Crippen molar-refractivity contribution in [1.82, 2.24) is 10.2 Å². The number of anilines is 1.